The normalized spacial score (nSPS) is 16.4. The van der Waals surface area contributed by atoms with Crippen molar-refractivity contribution < 1.29 is 22.7 Å². The van der Waals surface area contributed by atoms with Crippen molar-refractivity contribution >= 4 is 22.8 Å². The molecule has 3 heterocycles. The Balaban J connectivity index is 1.77. The number of amides is 1. The van der Waals surface area contributed by atoms with Crippen LogP contribution < -0.4 is 10.9 Å². The molecule has 3 aromatic rings. The number of alkyl halides is 2. The van der Waals surface area contributed by atoms with Crippen LogP contribution in [0.3, 0.4) is 0 Å². The predicted molar refractivity (Wildman–Crippen MR) is 128 cm³/mol. The van der Waals surface area contributed by atoms with Gasteiger partial charge in [0.1, 0.15) is 29.2 Å². The Morgan fingerprint density at radius 2 is 1.86 bits per heavy atom. The van der Waals surface area contributed by atoms with Gasteiger partial charge in [-0.25, -0.2) is 23.1 Å². The third kappa shape index (κ3) is 4.43. The van der Waals surface area contributed by atoms with Crippen LogP contribution in [0.1, 0.15) is 55.8 Å². The van der Waals surface area contributed by atoms with E-state index in [0.29, 0.717) is 48.3 Å². The third-order valence-electron chi connectivity index (χ3n) is 7.02. The van der Waals surface area contributed by atoms with Crippen molar-refractivity contribution in [3.8, 4) is 0 Å². The summed E-state index contributed by atoms with van der Waals surface area (Å²) in [6, 6.07) is 4.84. The van der Waals surface area contributed by atoms with Gasteiger partial charge in [0.25, 0.3) is 12.0 Å². The van der Waals surface area contributed by atoms with E-state index < -0.39 is 29.4 Å². The first-order valence-electron chi connectivity index (χ1n) is 11.6. The Hall–Kier alpha value is -3.47. The van der Waals surface area contributed by atoms with Gasteiger partial charge >= 0.3 is 0 Å². The van der Waals surface area contributed by atoms with Gasteiger partial charge in [-0.1, -0.05) is 18.2 Å². The van der Waals surface area contributed by atoms with E-state index in [-0.39, 0.29) is 17.0 Å². The fourth-order valence-electron chi connectivity index (χ4n) is 4.83. The Bertz CT molecular complexity index is 1350. The van der Waals surface area contributed by atoms with Crippen LogP contribution >= 0.6 is 0 Å². The molecule has 1 aromatic carbocycles. The van der Waals surface area contributed by atoms with E-state index in [9.17, 15) is 22.8 Å². The lowest BCUT2D eigenvalue weighted by atomic mass is 9.84. The van der Waals surface area contributed by atoms with Crippen LogP contribution in [0.5, 0.6) is 0 Å². The molecule has 1 aliphatic heterocycles. The second kappa shape index (κ2) is 9.88. The molecular formula is C25H28F3N5O3. The maximum atomic E-state index is 14.8. The van der Waals surface area contributed by atoms with Gasteiger partial charge in [-0.2, -0.15) is 0 Å². The highest BCUT2D eigenvalue weighted by atomic mass is 19.3. The Kier molecular flexibility index (Phi) is 7.03. The molecule has 8 nitrogen and oxygen atoms in total. The number of methoxy groups -OCH3 is 1. The molecule has 4 rings (SSSR count). The number of fused-ring (bicyclic) bond motifs is 1. The summed E-state index contributed by atoms with van der Waals surface area (Å²) in [6.07, 6.45) is -0.793. The summed E-state index contributed by atoms with van der Waals surface area (Å²) in [4.78, 5) is 35.4. The van der Waals surface area contributed by atoms with Crippen molar-refractivity contribution in [2.75, 3.05) is 25.5 Å². The van der Waals surface area contributed by atoms with Gasteiger partial charge in [-0.3, -0.25) is 14.2 Å². The fourth-order valence-corrected chi connectivity index (χ4v) is 4.83. The zero-order valence-corrected chi connectivity index (χ0v) is 20.5. The largest absolute Gasteiger partial charge is 0.373 e. The van der Waals surface area contributed by atoms with Gasteiger partial charge in [-0.15, -0.1) is 0 Å². The molecule has 0 unspecified atom stereocenters. The number of aromatic nitrogens is 3. The molecule has 11 heteroatoms. The van der Waals surface area contributed by atoms with Crippen LogP contribution in [0.25, 0.3) is 11.0 Å². The highest BCUT2D eigenvalue weighted by Crippen LogP contribution is 2.37. The van der Waals surface area contributed by atoms with Crippen molar-refractivity contribution in [3.63, 3.8) is 0 Å². The Labute approximate surface area is 206 Å². The molecule has 0 bridgehead atoms. The van der Waals surface area contributed by atoms with E-state index in [4.69, 9.17) is 4.74 Å². The first-order chi connectivity index (χ1) is 17.1. The zero-order chi connectivity index (χ0) is 26.2. The van der Waals surface area contributed by atoms with E-state index in [1.165, 1.54) is 37.1 Å². The number of rotatable bonds is 6. The van der Waals surface area contributed by atoms with E-state index in [0.717, 1.165) is 6.07 Å². The maximum Gasteiger partial charge on any atom is 0.266 e. The second-order valence-corrected chi connectivity index (χ2v) is 9.00. The molecule has 0 saturated carbocycles. The molecule has 2 aromatic heterocycles. The van der Waals surface area contributed by atoms with E-state index in [1.807, 2.05) is 0 Å². The predicted octanol–water partition coefficient (Wildman–Crippen LogP) is 4.06. The summed E-state index contributed by atoms with van der Waals surface area (Å²) in [7, 11) is 3.13. The molecule has 1 fully saturated rings. The van der Waals surface area contributed by atoms with Gasteiger partial charge in [0.2, 0.25) is 5.91 Å². The lowest BCUT2D eigenvalue weighted by molar-refractivity contribution is -0.135. The monoisotopic (exact) mass is 503 g/mol. The zero-order valence-electron chi connectivity index (χ0n) is 20.5. The number of halogens is 3. The molecule has 0 radical (unpaired) electrons. The van der Waals surface area contributed by atoms with Crippen LogP contribution in [-0.4, -0.2) is 45.5 Å². The Morgan fingerprint density at radius 3 is 2.47 bits per heavy atom. The number of carbonyl (C=O) groups is 1. The number of benzene rings is 1. The van der Waals surface area contributed by atoms with Crippen molar-refractivity contribution in [2.24, 2.45) is 7.05 Å². The number of hydrogen-bond donors (Lipinski definition) is 1. The number of ether oxygens (including phenoxy) is 1. The molecule has 1 aliphatic rings. The number of likely N-dealkylation sites (tertiary alicyclic amines) is 1. The van der Waals surface area contributed by atoms with Gasteiger partial charge in [-0.05, 0) is 25.8 Å². The Morgan fingerprint density at radius 1 is 1.19 bits per heavy atom. The summed E-state index contributed by atoms with van der Waals surface area (Å²) in [5, 5.41) is 3.59. The minimum absolute atomic E-state index is 0.0388. The van der Waals surface area contributed by atoms with Crippen molar-refractivity contribution in [3.05, 3.63) is 63.5 Å². The topological polar surface area (TPSA) is 89.3 Å². The fraction of sp³-hybridized carbons (Fsp3) is 0.440. The molecule has 36 heavy (non-hydrogen) atoms. The van der Waals surface area contributed by atoms with Gasteiger partial charge in [0, 0.05) is 39.7 Å². The van der Waals surface area contributed by atoms with Gasteiger partial charge in [0.05, 0.1) is 22.6 Å². The number of nitrogens with zero attached hydrogens (tertiary/aromatic N) is 4. The van der Waals surface area contributed by atoms with Crippen LogP contribution in [0.4, 0.5) is 19.0 Å². The van der Waals surface area contributed by atoms with Crippen LogP contribution in [0.15, 0.2) is 35.4 Å². The number of nitrogens with one attached hydrogen (secondary N) is 1. The number of hydrogen-bond acceptors (Lipinski definition) is 6. The molecule has 0 aliphatic carbocycles. The summed E-state index contributed by atoms with van der Waals surface area (Å²) in [5.74, 6) is -0.698. The number of piperidine rings is 1. The van der Waals surface area contributed by atoms with Gasteiger partial charge < -0.3 is 15.0 Å². The lowest BCUT2D eigenvalue weighted by Crippen LogP contribution is -2.48. The van der Waals surface area contributed by atoms with Crippen molar-refractivity contribution in [2.45, 2.75) is 44.8 Å². The number of anilines is 1. The highest BCUT2D eigenvalue weighted by molar-refractivity contribution is 5.87. The molecule has 0 spiro atoms. The van der Waals surface area contributed by atoms with Crippen LogP contribution in [0.2, 0.25) is 0 Å². The van der Waals surface area contributed by atoms with Crippen LogP contribution in [-0.2, 0) is 22.2 Å². The van der Waals surface area contributed by atoms with Gasteiger partial charge in [0.15, 0.2) is 0 Å². The third-order valence-corrected chi connectivity index (χ3v) is 7.02. The SMILES string of the molecule is COC1(c2cc3c(N[C@H](C)c4cccc(C(F)F)c4F)ncnc3n(C)c2=O)CCN(C(C)=O)CC1. The van der Waals surface area contributed by atoms with Crippen molar-refractivity contribution in [1.29, 1.82) is 0 Å². The summed E-state index contributed by atoms with van der Waals surface area (Å²) < 4.78 is 48.4. The molecule has 1 saturated heterocycles. The number of pyridine rings is 1. The van der Waals surface area contributed by atoms with E-state index in [1.54, 1.807) is 24.9 Å². The first-order valence-corrected chi connectivity index (χ1v) is 11.6. The number of carbonyl (C=O) groups excluding carboxylic acids is 1. The maximum absolute atomic E-state index is 14.8. The molecule has 1 atom stereocenters. The standard InChI is InChI=1S/C25H28F3N5O3/c1-14(16-6-5-7-17(20(16)26)21(27)28)31-22-18-12-19(24(35)32(3)23(18)30-13-29-22)25(36-4)8-10-33(11-9-25)15(2)34/h5-7,12-14,21H,8-11H2,1-4H3,(H,29,30,31)/t14-/m1/s1. The van der Waals surface area contributed by atoms with E-state index >= 15 is 0 Å². The molecular weight excluding hydrogens is 475 g/mol. The lowest BCUT2D eigenvalue weighted by Gasteiger charge is -2.40. The molecule has 1 N–H and O–H groups in total. The van der Waals surface area contributed by atoms with Crippen LogP contribution in [0, 0.1) is 5.82 Å². The minimum atomic E-state index is -2.94. The molecule has 1 amide bonds. The van der Waals surface area contributed by atoms with Crippen molar-refractivity contribution in [1.82, 2.24) is 19.4 Å². The molecule has 192 valence electrons. The quantitative estimate of drug-likeness (QED) is 0.546. The average Bonchev–Trinajstić information content (AvgIpc) is 2.86. The number of aryl methyl sites for hydroxylation is 1. The highest BCUT2D eigenvalue weighted by Gasteiger charge is 2.40. The average molecular weight is 504 g/mol. The van der Waals surface area contributed by atoms with E-state index in [2.05, 4.69) is 15.3 Å². The summed E-state index contributed by atoms with van der Waals surface area (Å²) >= 11 is 0. The summed E-state index contributed by atoms with van der Waals surface area (Å²) in [6.45, 7) is 4.03. The smallest absolute Gasteiger partial charge is 0.266 e. The minimum Gasteiger partial charge on any atom is -0.373 e. The second-order valence-electron chi connectivity index (χ2n) is 9.00. The summed E-state index contributed by atoms with van der Waals surface area (Å²) in [5.41, 5.74) is -1.05. The first kappa shape index (κ1) is 25.6.